The van der Waals surface area contributed by atoms with Gasteiger partial charge < -0.3 is 0 Å². The standard InChI is InChI=1S/C69H42/c1-3-19-50-44(15-1)17-13-27-52(50)46-33-31-43(32-34-46)49-39-40-57-56-23-9-11-29-63(56)69(65(57)41-49)64-30-12-10-26-60(64)66-59-25-8-6-22-55(59)62-42-61(54-21-5-7-24-58(54)67(62)68(66)69)48-37-35-47(36-38-48)53-28-14-18-45-16-2-4-20-51(45)53/h1-42H. The Morgan fingerprint density at radius 1 is 0.217 bits per heavy atom. The van der Waals surface area contributed by atoms with E-state index in [-0.39, 0.29) is 0 Å². The summed E-state index contributed by atoms with van der Waals surface area (Å²) in [4.78, 5) is 0. The van der Waals surface area contributed by atoms with Crippen LogP contribution in [0.3, 0.4) is 0 Å². The Balaban J connectivity index is 0.985. The summed E-state index contributed by atoms with van der Waals surface area (Å²) in [5.74, 6) is 0. The lowest BCUT2D eigenvalue weighted by atomic mass is 9.68. The summed E-state index contributed by atoms with van der Waals surface area (Å²) in [7, 11) is 0. The minimum absolute atomic E-state index is 0.566. The molecule has 1 spiro atoms. The molecule has 2 aliphatic carbocycles. The first-order valence-corrected chi connectivity index (χ1v) is 24.2. The van der Waals surface area contributed by atoms with Gasteiger partial charge in [0, 0.05) is 0 Å². The minimum Gasteiger partial charge on any atom is -0.0619 e. The Bertz CT molecular complexity index is 4270. The molecule has 0 saturated heterocycles. The molecular formula is C69H42. The summed E-state index contributed by atoms with van der Waals surface area (Å²) in [6, 6.07) is 95.8. The maximum absolute atomic E-state index is 2.53. The van der Waals surface area contributed by atoms with Crippen molar-refractivity contribution in [2.75, 3.05) is 0 Å². The molecule has 0 amide bonds. The number of fused-ring (bicyclic) bond motifs is 19. The van der Waals surface area contributed by atoms with Crippen LogP contribution in [-0.2, 0) is 5.41 Å². The lowest BCUT2D eigenvalue weighted by molar-refractivity contribution is 0.802. The van der Waals surface area contributed by atoms with Gasteiger partial charge in [-0.1, -0.05) is 243 Å². The predicted molar refractivity (Wildman–Crippen MR) is 292 cm³/mol. The third kappa shape index (κ3) is 5.35. The summed E-state index contributed by atoms with van der Waals surface area (Å²) in [5.41, 5.74) is 20.0. The van der Waals surface area contributed by atoms with E-state index in [2.05, 4.69) is 255 Å². The molecule has 318 valence electrons. The van der Waals surface area contributed by atoms with Gasteiger partial charge in [0.15, 0.2) is 0 Å². The summed E-state index contributed by atoms with van der Waals surface area (Å²) < 4.78 is 0. The zero-order valence-electron chi connectivity index (χ0n) is 37.7. The molecule has 13 aromatic rings. The smallest absolute Gasteiger partial charge is 0.0619 e. The van der Waals surface area contributed by atoms with Crippen molar-refractivity contribution in [2.45, 2.75) is 5.41 Å². The summed E-state index contributed by atoms with van der Waals surface area (Å²) in [6.07, 6.45) is 0. The largest absolute Gasteiger partial charge is 0.0732 e. The van der Waals surface area contributed by atoms with E-state index in [1.807, 2.05) is 0 Å². The Labute approximate surface area is 401 Å². The molecule has 15 rings (SSSR count). The molecule has 0 saturated carbocycles. The van der Waals surface area contributed by atoms with Crippen molar-refractivity contribution >= 4 is 53.9 Å². The lowest BCUT2D eigenvalue weighted by Gasteiger charge is -2.32. The van der Waals surface area contributed by atoms with Crippen molar-refractivity contribution in [3.05, 3.63) is 277 Å². The lowest BCUT2D eigenvalue weighted by Crippen LogP contribution is -2.26. The average Bonchev–Trinajstić information content (AvgIpc) is 3.90. The van der Waals surface area contributed by atoms with Gasteiger partial charge in [-0.3, -0.25) is 0 Å². The van der Waals surface area contributed by atoms with E-state index in [1.165, 1.54) is 143 Å². The fraction of sp³-hybridized carbons (Fsp3) is 0.0145. The van der Waals surface area contributed by atoms with E-state index in [9.17, 15) is 0 Å². The highest BCUT2D eigenvalue weighted by atomic mass is 14.5. The second-order valence-electron chi connectivity index (χ2n) is 19.0. The number of rotatable bonds is 4. The molecule has 0 aliphatic heterocycles. The molecule has 1 atom stereocenters. The van der Waals surface area contributed by atoms with Crippen LogP contribution in [0.1, 0.15) is 22.3 Å². The molecule has 1 unspecified atom stereocenters. The van der Waals surface area contributed by atoms with Gasteiger partial charge in [-0.25, -0.2) is 0 Å². The van der Waals surface area contributed by atoms with Crippen LogP contribution in [0.2, 0.25) is 0 Å². The van der Waals surface area contributed by atoms with E-state index < -0.39 is 5.41 Å². The number of hydrogen-bond acceptors (Lipinski definition) is 0. The SMILES string of the molecule is c1ccc2c(c1)-c1ccc(-c3ccc(-c4cccc5ccccc45)cc3)cc1C21c2ccccc2-c2c1c1c3ccccc3c(-c3ccc(-c4cccc5ccccc45)cc3)cc1c1ccccc21. The van der Waals surface area contributed by atoms with Crippen molar-refractivity contribution in [1.29, 1.82) is 0 Å². The normalized spacial score (nSPS) is 14.4. The van der Waals surface area contributed by atoms with Crippen molar-refractivity contribution in [2.24, 2.45) is 0 Å². The van der Waals surface area contributed by atoms with Crippen LogP contribution in [0.25, 0.3) is 121 Å². The molecule has 0 N–H and O–H groups in total. The Morgan fingerprint density at radius 3 is 1.30 bits per heavy atom. The van der Waals surface area contributed by atoms with Crippen LogP contribution in [-0.4, -0.2) is 0 Å². The highest BCUT2D eigenvalue weighted by Gasteiger charge is 2.53. The van der Waals surface area contributed by atoms with Gasteiger partial charge in [-0.05, 0) is 155 Å². The molecule has 0 heterocycles. The molecule has 0 aromatic heterocycles. The number of benzene rings is 13. The maximum Gasteiger partial charge on any atom is 0.0732 e. The highest BCUT2D eigenvalue weighted by molar-refractivity contribution is 6.28. The van der Waals surface area contributed by atoms with E-state index in [0.717, 1.165) is 0 Å². The molecule has 69 heavy (non-hydrogen) atoms. The third-order valence-corrected chi connectivity index (χ3v) is 15.7. The van der Waals surface area contributed by atoms with Crippen molar-refractivity contribution in [1.82, 2.24) is 0 Å². The van der Waals surface area contributed by atoms with Crippen LogP contribution in [0.4, 0.5) is 0 Å². The fourth-order valence-corrected chi connectivity index (χ4v) is 12.8. The van der Waals surface area contributed by atoms with E-state index >= 15 is 0 Å². The van der Waals surface area contributed by atoms with Crippen molar-refractivity contribution in [3.63, 3.8) is 0 Å². The molecule has 0 heteroatoms. The molecule has 0 nitrogen and oxygen atoms in total. The Kier molecular flexibility index (Phi) is 8.09. The van der Waals surface area contributed by atoms with Crippen LogP contribution < -0.4 is 0 Å². The topological polar surface area (TPSA) is 0 Å². The summed E-state index contributed by atoms with van der Waals surface area (Å²) >= 11 is 0. The maximum atomic E-state index is 2.53. The summed E-state index contributed by atoms with van der Waals surface area (Å²) in [5, 5.41) is 12.8. The molecule has 13 aromatic carbocycles. The van der Waals surface area contributed by atoms with Gasteiger partial charge in [0.1, 0.15) is 0 Å². The van der Waals surface area contributed by atoms with E-state index in [0.29, 0.717) is 0 Å². The second kappa shape index (κ2) is 14.6. The first-order valence-electron chi connectivity index (χ1n) is 24.2. The summed E-state index contributed by atoms with van der Waals surface area (Å²) in [6.45, 7) is 0. The van der Waals surface area contributed by atoms with Gasteiger partial charge >= 0.3 is 0 Å². The van der Waals surface area contributed by atoms with Gasteiger partial charge in [0.05, 0.1) is 5.41 Å². The Hall–Kier alpha value is -8.84. The highest BCUT2D eigenvalue weighted by Crippen LogP contribution is 2.66. The molecule has 2 aliphatic rings. The van der Waals surface area contributed by atoms with Crippen molar-refractivity contribution in [3.8, 4) is 66.8 Å². The monoisotopic (exact) mass is 870 g/mol. The van der Waals surface area contributed by atoms with E-state index in [1.54, 1.807) is 0 Å². The van der Waals surface area contributed by atoms with Crippen LogP contribution >= 0.6 is 0 Å². The minimum atomic E-state index is -0.566. The van der Waals surface area contributed by atoms with E-state index in [4.69, 9.17) is 0 Å². The molecular weight excluding hydrogens is 829 g/mol. The van der Waals surface area contributed by atoms with Crippen LogP contribution in [0, 0.1) is 0 Å². The van der Waals surface area contributed by atoms with Gasteiger partial charge in [0.2, 0.25) is 0 Å². The quantitative estimate of drug-likeness (QED) is 0.155. The van der Waals surface area contributed by atoms with Crippen LogP contribution in [0.15, 0.2) is 255 Å². The first-order chi connectivity index (χ1) is 34.2. The van der Waals surface area contributed by atoms with Crippen molar-refractivity contribution < 1.29 is 0 Å². The first kappa shape index (κ1) is 38.3. The molecule has 0 fully saturated rings. The zero-order chi connectivity index (χ0) is 45.2. The van der Waals surface area contributed by atoms with Gasteiger partial charge in [-0.15, -0.1) is 0 Å². The zero-order valence-corrected chi connectivity index (χ0v) is 37.7. The number of hydrogen-bond donors (Lipinski definition) is 0. The molecule has 0 bridgehead atoms. The second-order valence-corrected chi connectivity index (χ2v) is 19.0. The van der Waals surface area contributed by atoms with Gasteiger partial charge in [-0.2, -0.15) is 0 Å². The average molecular weight is 871 g/mol. The molecule has 0 radical (unpaired) electrons. The van der Waals surface area contributed by atoms with Gasteiger partial charge in [0.25, 0.3) is 0 Å². The van der Waals surface area contributed by atoms with Crippen LogP contribution in [0.5, 0.6) is 0 Å². The fourth-order valence-electron chi connectivity index (χ4n) is 12.8. The third-order valence-electron chi connectivity index (χ3n) is 15.7. The Morgan fingerprint density at radius 2 is 0.652 bits per heavy atom. The predicted octanol–water partition coefficient (Wildman–Crippen LogP) is 18.5.